The molecule has 72 valence electrons. The summed E-state index contributed by atoms with van der Waals surface area (Å²) in [7, 11) is 0. The van der Waals surface area contributed by atoms with E-state index < -0.39 is 0 Å². The number of thiophene rings is 1. The molecule has 0 saturated heterocycles. The second-order valence-electron chi connectivity index (χ2n) is 2.63. The Hall–Kier alpha value is -0.690. The van der Waals surface area contributed by atoms with Gasteiger partial charge in [-0.3, -0.25) is 0 Å². The van der Waals surface area contributed by atoms with Crippen LogP contribution in [0.4, 0.5) is 0 Å². The maximum absolute atomic E-state index is 7.04. The van der Waals surface area contributed by atoms with E-state index in [1.807, 2.05) is 23.6 Å². The standard InChI is InChI=1S/C9H7IN2OS/c10-6-3-4-13-9(12-11)8(6)7-2-1-5-14-7/h1-3,5,11H,4H2. The normalized spacial score (nSPS) is 16.2. The highest BCUT2D eigenvalue weighted by molar-refractivity contribution is 14.1. The molecule has 2 heterocycles. The fraction of sp³-hybridized carbons (Fsp3) is 0.111. The molecule has 1 aliphatic heterocycles. The van der Waals surface area contributed by atoms with Crippen molar-refractivity contribution in [1.29, 1.82) is 5.53 Å². The van der Waals surface area contributed by atoms with Gasteiger partial charge in [-0.15, -0.1) is 16.5 Å². The summed E-state index contributed by atoms with van der Waals surface area (Å²) in [6, 6.07) is 3.99. The van der Waals surface area contributed by atoms with E-state index in [-0.39, 0.29) is 0 Å². The van der Waals surface area contributed by atoms with Crippen molar-refractivity contribution in [3.63, 3.8) is 0 Å². The first-order valence-electron chi connectivity index (χ1n) is 3.97. The monoisotopic (exact) mass is 318 g/mol. The number of nitrogens with zero attached hydrogens (tertiary/aromatic N) is 1. The minimum absolute atomic E-state index is 0.416. The molecule has 2 rings (SSSR count). The van der Waals surface area contributed by atoms with E-state index in [9.17, 15) is 0 Å². The zero-order valence-corrected chi connectivity index (χ0v) is 10.1. The fourth-order valence-corrected chi connectivity index (χ4v) is 2.86. The summed E-state index contributed by atoms with van der Waals surface area (Å²) in [6.07, 6.45) is 1.99. The van der Waals surface area contributed by atoms with Crippen LogP contribution in [0.5, 0.6) is 0 Å². The number of hydrogen-bond donors (Lipinski definition) is 1. The number of halogens is 1. The van der Waals surface area contributed by atoms with E-state index in [0.29, 0.717) is 12.5 Å². The van der Waals surface area contributed by atoms with Gasteiger partial charge in [-0.2, -0.15) is 0 Å². The molecule has 5 heteroatoms. The van der Waals surface area contributed by atoms with Crippen LogP contribution in [0, 0.1) is 5.53 Å². The largest absolute Gasteiger partial charge is 0.472 e. The second kappa shape index (κ2) is 4.22. The molecule has 0 bridgehead atoms. The summed E-state index contributed by atoms with van der Waals surface area (Å²) in [4.78, 5) is 1.09. The lowest BCUT2D eigenvalue weighted by Gasteiger charge is -2.14. The molecule has 0 amide bonds. The molecule has 1 aliphatic rings. The average molecular weight is 318 g/mol. The van der Waals surface area contributed by atoms with Crippen molar-refractivity contribution in [3.05, 3.63) is 37.9 Å². The van der Waals surface area contributed by atoms with Gasteiger partial charge in [0.1, 0.15) is 6.61 Å². The van der Waals surface area contributed by atoms with Gasteiger partial charge in [0, 0.05) is 8.46 Å². The first-order chi connectivity index (χ1) is 6.83. The van der Waals surface area contributed by atoms with Crippen molar-refractivity contribution in [2.75, 3.05) is 6.61 Å². The molecule has 0 aromatic carbocycles. The first kappa shape index (κ1) is 9.85. The van der Waals surface area contributed by atoms with E-state index in [4.69, 9.17) is 10.3 Å². The van der Waals surface area contributed by atoms with Crippen LogP contribution >= 0.6 is 33.9 Å². The Balaban J connectivity index is 2.52. The van der Waals surface area contributed by atoms with E-state index in [0.717, 1.165) is 14.0 Å². The van der Waals surface area contributed by atoms with E-state index in [2.05, 4.69) is 27.7 Å². The lowest BCUT2D eigenvalue weighted by atomic mass is 10.2. The molecule has 0 radical (unpaired) electrons. The molecule has 0 spiro atoms. The number of nitrogens with one attached hydrogen (secondary N) is 1. The molecule has 0 unspecified atom stereocenters. The third kappa shape index (κ3) is 1.74. The van der Waals surface area contributed by atoms with Gasteiger partial charge in [-0.05, 0) is 40.1 Å². The topological polar surface area (TPSA) is 45.4 Å². The summed E-state index contributed by atoms with van der Waals surface area (Å²) in [5, 5.41) is 5.41. The van der Waals surface area contributed by atoms with Gasteiger partial charge in [0.05, 0.1) is 5.57 Å². The molecule has 3 nitrogen and oxygen atoms in total. The lowest BCUT2D eigenvalue weighted by molar-refractivity contribution is 0.238. The van der Waals surface area contributed by atoms with Crippen molar-refractivity contribution < 1.29 is 4.74 Å². The third-order valence-corrected chi connectivity index (χ3v) is 3.67. The van der Waals surface area contributed by atoms with Gasteiger partial charge in [-0.25, -0.2) is 5.53 Å². The molecule has 0 atom stereocenters. The van der Waals surface area contributed by atoms with Crippen molar-refractivity contribution in [2.24, 2.45) is 5.11 Å². The van der Waals surface area contributed by atoms with Crippen LogP contribution < -0.4 is 0 Å². The predicted molar refractivity (Wildman–Crippen MR) is 64.4 cm³/mol. The van der Waals surface area contributed by atoms with Gasteiger partial charge in [0.2, 0.25) is 5.88 Å². The minimum atomic E-state index is 0.416. The van der Waals surface area contributed by atoms with Crippen molar-refractivity contribution in [1.82, 2.24) is 0 Å². The summed E-state index contributed by atoms with van der Waals surface area (Å²) in [5.41, 5.74) is 7.97. The SMILES string of the molecule is N=NC1=C(c2cccs2)C(I)=CCO1. The number of hydrogen-bond acceptors (Lipinski definition) is 4. The summed E-state index contributed by atoms with van der Waals surface area (Å²) in [6.45, 7) is 0.505. The quantitative estimate of drug-likeness (QED) is 0.654. The Labute approximate surface area is 99.1 Å². The van der Waals surface area contributed by atoms with Crippen LogP contribution in [0.2, 0.25) is 0 Å². The number of allylic oxidation sites excluding steroid dienone is 2. The van der Waals surface area contributed by atoms with Crippen LogP contribution in [-0.2, 0) is 4.74 Å². The molecule has 1 aromatic rings. The van der Waals surface area contributed by atoms with Crippen molar-refractivity contribution in [2.45, 2.75) is 0 Å². The molecule has 1 N–H and O–H groups in total. The Morgan fingerprint density at radius 2 is 2.43 bits per heavy atom. The van der Waals surface area contributed by atoms with Gasteiger partial charge in [0.25, 0.3) is 0 Å². The highest BCUT2D eigenvalue weighted by atomic mass is 127. The van der Waals surface area contributed by atoms with Crippen LogP contribution in [0.1, 0.15) is 4.88 Å². The Bertz CT molecular complexity index is 408. The number of rotatable bonds is 2. The molecule has 14 heavy (non-hydrogen) atoms. The zero-order chi connectivity index (χ0) is 9.97. The van der Waals surface area contributed by atoms with Crippen LogP contribution in [0.25, 0.3) is 5.57 Å². The highest BCUT2D eigenvalue weighted by Crippen LogP contribution is 2.36. The zero-order valence-electron chi connectivity index (χ0n) is 7.16. The highest BCUT2D eigenvalue weighted by Gasteiger charge is 2.18. The lowest BCUT2D eigenvalue weighted by Crippen LogP contribution is -2.00. The second-order valence-corrected chi connectivity index (χ2v) is 4.74. The van der Waals surface area contributed by atoms with Gasteiger partial charge in [-0.1, -0.05) is 6.07 Å². The van der Waals surface area contributed by atoms with Crippen LogP contribution in [0.15, 0.2) is 38.2 Å². The maximum atomic E-state index is 7.04. The fourth-order valence-electron chi connectivity index (χ4n) is 1.20. The molecular formula is C9H7IN2OS. The molecule has 0 aliphatic carbocycles. The number of ether oxygens (including phenoxy) is 1. The summed E-state index contributed by atoms with van der Waals surface area (Å²) < 4.78 is 6.38. The molecular weight excluding hydrogens is 311 g/mol. The van der Waals surface area contributed by atoms with E-state index in [1.165, 1.54) is 0 Å². The molecule has 0 saturated carbocycles. The molecule has 1 aromatic heterocycles. The Morgan fingerprint density at radius 3 is 3.07 bits per heavy atom. The first-order valence-corrected chi connectivity index (χ1v) is 5.93. The maximum Gasteiger partial charge on any atom is 0.242 e. The van der Waals surface area contributed by atoms with E-state index >= 15 is 0 Å². The predicted octanol–water partition coefficient (Wildman–Crippen LogP) is 3.80. The van der Waals surface area contributed by atoms with Gasteiger partial charge >= 0.3 is 0 Å². The molecule has 0 fully saturated rings. The van der Waals surface area contributed by atoms with E-state index in [1.54, 1.807) is 11.3 Å². The van der Waals surface area contributed by atoms with Gasteiger partial charge in [0.15, 0.2) is 0 Å². The third-order valence-electron chi connectivity index (χ3n) is 1.80. The smallest absolute Gasteiger partial charge is 0.242 e. The Morgan fingerprint density at radius 1 is 1.57 bits per heavy atom. The average Bonchev–Trinajstić information content (AvgIpc) is 2.70. The summed E-state index contributed by atoms with van der Waals surface area (Å²) in [5.74, 6) is 0.416. The van der Waals surface area contributed by atoms with Crippen LogP contribution in [0.3, 0.4) is 0 Å². The minimum Gasteiger partial charge on any atom is -0.472 e. The summed E-state index contributed by atoms with van der Waals surface area (Å²) >= 11 is 3.87. The van der Waals surface area contributed by atoms with Crippen molar-refractivity contribution >= 4 is 39.5 Å². The Kier molecular flexibility index (Phi) is 2.97. The van der Waals surface area contributed by atoms with Crippen LogP contribution in [-0.4, -0.2) is 6.61 Å². The van der Waals surface area contributed by atoms with Gasteiger partial charge < -0.3 is 4.74 Å². The van der Waals surface area contributed by atoms with Crippen molar-refractivity contribution in [3.8, 4) is 0 Å².